The molecule has 1 atom stereocenters. The predicted molar refractivity (Wildman–Crippen MR) is 50.9 cm³/mol. The minimum Gasteiger partial charge on any atom is -0.382 e. The highest BCUT2D eigenvalue weighted by Gasteiger charge is 2.01. The van der Waals surface area contributed by atoms with Gasteiger partial charge in [-0.25, -0.2) is 4.39 Å². The molecule has 0 heterocycles. The van der Waals surface area contributed by atoms with Gasteiger partial charge in [-0.2, -0.15) is 0 Å². The minimum atomic E-state index is -0.917. The van der Waals surface area contributed by atoms with Gasteiger partial charge in [-0.3, -0.25) is 4.79 Å². The first-order chi connectivity index (χ1) is 6.24. The molecule has 70 valence electrons. The SMILES string of the molecule is CC(F)CNc1ccccc1C=O. The summed E-state index contributed by atoms with van der Waals surface area (Å²) in [5, 5.41) is 2.86. The van der Waals surface area contributed by atoms with Gasteiger partial charge < -0.3 is 5.32 Å². The number of nitrogens with one attached hydrogen (secondary N) is 1. The third-order valence-electron chi connectivity index (χ3n) is 1.66. The topological polar surface area (TPSA) is 29.1 Å². The molecule has 0 bridgehead atoms. The molecule has 1 N–H and O–H groups in total. The lowest BCUT2D eigenvalue weighted by atomic mass is 10.2. The molecule has 1 aromatic carbocycles. The van der Waals surface area contributed by atoms with Crippen molar-refractivity contribution in [1.29, 1.82) is 0 Å². The zero-order chi connectivity index (χ0) is 9.68. The van der Waals surface area contributed by atoms with Crippen molar-refractivity contribution >= 4 is 12.0 Å². The number of carbonyl (C=O) groups excluding carboxylic acids is 1. The molecular weight excluding hydrogens is 169 g/mol. The molecule has 1 rings (SSSR count). The van der Waals surface area contributed by atoms with Gasteiger partial charge in [-0.1, -0.05) is 12.1 Å². The van der Waals surface area contributed by atoms with Gasteiger partial charge in [0.05, 0.1) is 0 Å². The van der Waals surface area contributed by atoms with Gasteiger partial charge in [0.1, 0.15) is 6.17 Å². The van der Waals surface area contributed by atoms with Gasteiger partial charge in [0.25, 0.3) is 0 Å². The fraction of sp³-hybridized carbons (Fsp3) is 0.300. The third-order valence-corrected chi connectivity index (χ3v) is 1.66. The van der Waals surface area contributed by atoms with E-state index in [9.17, 15) is 9.18 Å². The number of aldehydes is 1. The fourth-order valence-electron chi connectivity index (χ4n) is 1.01. The number of alkyl halides is 1. The number of benzene rings is 1. The van der Waals surface area contributed by atoms with Crippen LogP contribution in [-0.4, -0.2) is 19.0 Å². The molecule has 0 radical (unpaired) electrons. The highest BCUT2D eigenvalue weighted by Crippen LogP contribution is 2.12. The van der Waals surface area contributed by atoms with E-state index in [0.717, 1.165) is 6.29 Å². The van der Waals surface area contributed by atoms with Gasteiger partial charge in [0.2, 0.25) is 0 Å². The van der Waals surface area contributed by atoms with Gasteiger partial charge in [0, 0.05) is 17.8 Å². The molecule has 1 unspecified atom stereocenters. The Bertz CT molecular complexity index is 286. The van der Waals surface area contributed by atoms with E-state index in [0.29, 0.717) is 11.3 Å². The van der Waals surface area contributed by atoms with Crippen LogP contribution >= 0.6 is 0 Å². The standard InChI is InChI=1S/C10H12FNO/c1-8(11)6-12-10-5-3-2-4-9(10)7-13/h2-5,7-8,12H,6H2,1H3. The summed E-state index contributed by atoms with van der Waals surface area (Å²) < 4.78 is 12.5. The summed E-state index contributed by atoms with van der Waals surface area (Å²) in [6, 6.07) is 7.02. The van der Waals surface area contributed by atoms with E-state index < -0.39 is 6.17 Å². The molecule has 0 aliphatic rings. The molecule has 2 nitrogen and oxygen atoms in total. The second kappa shape index (κ2) is 4.60. The Hall–Kier alpha value is -1.38. The molecule has 3 heteroatoms. The average molecular weight is 181 g/mol. The second-order valence-electron chi connectivity index (χ2n) is 2.87. The number of para-hydroxylation sites is 1. The van der Waals surface area contributed by atoms with Crippen molar-refractivity contribution in [3.63, 3.8) is 0 Å². The summed E-state index contributed by atoms with van der Waals surface area (Å²) in [5.41, 5.74) is 1.24. The normalized spacial score (nSPS) is 12.2. The van der Waals surface area contributed by atoms with Crippen molar-refractivity contribution in [1.82, 2.24) is 0 Å². The number of rotatable bonds is 4. The lowest BCUT2D eigenvalue weighted by molar-refractivity contribution is 0.112. The summed E-state index contributed by atoms with van der Waals surface area (Å²) in [4.78, 5) is 10.5. The highest BCUT2D eigenvalue weighted by molar-refractivity contribution is 5.83. The minimum absolute atomic E-state index is 0.227. The Kier molecular flexibility index (Phi) is 3.43. The average Bonchev–Trinajstić information content (AvgIpc) is 2.15. The molecule has 0 saturated heterocycles. The molecule has 0 aliphatic heterocycles. The number of carbonyl (C=O) groups is 1. The van der Waals surface area contributed by atoms with E-state index in [4.69, 9.17) is 0 Å². The van der Waals surface area contributed by atoms with E-state index in [2.05, 4.69) is 5.32 Å². The van der Waals surface area contributed by atoms with E-state index >= 15 is 0 Å². The van der Waals surface area contributed by atoms with Crippen molar-refractivity contribution in [3.8, 4) is 0 Å². The van der Waals surface area contributed by atoms with Crippen LogP contribution < -0.4 is 5.32 Å². The van der Waals surface area contributed by atoms with Crippen LogP contribution in [0.4, 0.5) is 10.1 Å². The van der Waals surface area contributed by atoms with Crippen LogP contribution in [0.2, 0.25) is 0 Å². The highest BCUT2D eigenvalue weighted by atomic mass is 19.1. The zero-order valence-electron chi connectivity index (χ0n) is 7.46. The van der Waals surface area contributed by atoms with Crippen molar-refractivity contribution in [2.75, 3.05) is 11.9 Å². The lowest BCUT2D eigenvalue weighted by Crippen LogP contribution is -2.12. The number of hydrogen-bond acceptors (Lipinski definition) is 2. The molecular formula is C10H12FNO. The van der Waals surface area contributed by atoms with E-state index in [1.165, 1.54) is 6.92 Å². The van der Waals surface area contributed by atoms with Gasteiger partial charge >= 0.3 is 0 Å². The predicted octanol–water partition coefficient (Wildman–Crippen LogP) is 2.27. The Labute approximate surface area is 76.8 Å². The first-order valence-electron chi connectivity index (χ1n) is 4.16. The van der Waals surface area contributed by atoms with Gasteiger partial charge in [-0.15, -0.1) is 0 Å². The molecule has 0 aromatic heterocycles. The second-order valence-corrected chi connectivity index (χ2v) is 2.87. The molecule has 1 aromatic rings. The van der Waals surface area contributed by atoms with Crippen LogP contribution in [0.5, 0.6) is 0 Å². The fourth-order valence-corrected chi connectivity index (χ4v) is 1.01. The third kappa shape index (κ3) is 2.86. The number of halogens is 1. The molecule has 0 aliphatic carbocycles. The summed E-state index contributed by atoms with van der Waals surface area (Å²) in [7, 11) is 0. The summed E-state index contributed by atoms with van der Waals surface area (Å²) >= 11 is 0. The number of anilines is 1. The monoisotopic (exact) mass is 181 g/mol. The Morgan fingerprint density at radius 2 is 2.23 bits per heavy atom. The Morgan fingerprint density at radius 3 is 2.85 bits per heavy atom. The van der Waals surface area contributed by atoms with E-state index in [1.807, 2.05) is 0 Å². The molecule has 0 fully saturated rings. The van der Waals surface area contributed by atoms with E-state index in [1.54, 1.807) is 24.3 Å². The number of hydrogen-bond donors (Lipinski definition) is 1. The first kappa shape index (κ1) is 9.71. The van der Waals surface area contributed by atoms with Crippen LogP contribution in [0.1, 0.15) is 17.3 Å². The van der Waals surface area contributed by atoms with Crippen molar-refractivity contribution in [3.05, 3.63) is 29.8 Å². The maximum absolute atomic E-state index is 12.5. The molecule has 13 heavy (non-hydrogen) atoms. The first-order valence-corrected chi connectivity index (χ1v) is 4.16. The quantitative estimate of drug-likeness (QED) is 0.722. The summed E-state index contributed by atoms with van der Waals surface area (Å²) in [5.74, 6) is 0. The van der Waals surface area contributed by atoms with Crippen LogP contribution in [0.3, 0.4) is 0 Å². The molecule has 0 spiro atoms. The summed E-state index contributed by atoms with van der Waals surface area (Å²) in [6.07, 6.45) is -0.162. The van der Waals surface area contributed by atoms with Crippen LogP contribution in [-0.2, 0) is 0 Å². The van der Waals surface area contributed by atoms with Crippen LogP contribution in [0.25, 0.3) is 0 Å². The molecule has 0 saturated carbocycles. The van der Waals surface area contributed by atoms with Crippen molar-refractivity contribution in [2.24, 2.45) is 0 Å². The summed E-state index contributed by atoms with van der Waals surface area (Å²) in [6.45, 7) is 1.70. The van der Waals surface area contributed by atoms with Gasteiger partial charge in [0.15, 0.2) is 6.29 Å². The lowest BCUT2D eigenvalue weighted by Gasteiger charge is -2.08. The van der Waals surface area contributed by atoms with Crippen LogP contribution in [0, 0.1) is 0 Å². The van der Waals surface area contributed by atoms with Crippen molar-refractivity contribution < 1.29 is 9.18 Å². The Morgan fingerprint density at radius 1 is 1.54 bits per heavy atom. The zero-order valence-corrected chi connectivity index (χ0v) is 7.46. The van der Waals surface area contributed by atoms with E-state index in [-0.39, 0.29) is 6.54 Å². The Balaban J connectivity index is 2.69. The van der Waals surface area contributed by atoms with Crippen LogP contribution in [0.15, 0.2) is 24.3 Å². The van der Waals surface area contributed by atoms with Crippen molar-refractivity contribution in [2.45, 2.75) is 13.1 Å². The maximum atomic E-state index is 12.5. The van der Waals surface area contributed by atoms with Gasteiger partial charge in [-0.05, 0) is 19.1 Å². The maximum Gasteiger partial charge on any atom is 0.152 e. The largest absolute Gasteiger partial charge is 0.382 e. The smallest absolute Gasteiger partial charge is 0.152 e. The molecule has 0 amide bonds.